The summed E-state index contributed by atoms with van der Waals surface area (Å²) in [6, 6.07) is 5.26. The standard InChI is InChI=1S/C12H15NO3/c1-16-9-6-5-8-3-2-4-10(12(14)15)13-11(8)7-9/h5-7,10,13H,2-4H2,1H3,(H,14,15). The topological polar surface area (TPSA) is 58.6 Å². The van der Waals surface area contributed by atoms with Crippen LogP contribution in [0, 0.1) is 0 Å². The lowest BCUT2D eigenvalue weighted by Crippen LogP contribution is -2.28. The van der Waals surface area contributed by atoms with Gasteiger partial charge < -0.3 is 15.2 Å². The number of anilines is 1. The second-order valence-corrected chi connectivity index (χ2v) is 3.95. The number of ether oxygens (including phenoxy) is 1. The van der Waals surface area contributed by atoms with Gasteiger partial charge in [0.05, 0.1) is 7.11 Å². The molecule has 0 aromatic heterocycles. The molecule has 1 aliphatic heterocycles. The van der Waals surface area contributed by atoms with Gasteiger partial charge in [0.1, 0.15) is 11.8 Å². The number of hydrogen-bond donors (Lipinski definition) is 2. The average Bonchev–Trinajstić information content (AvgIpc) is 2.49. The number of rotatable bonds is 2. The summed E-state index contributed by atoms with van der Waals surface area (Å²) in [6.07, 6.45) is 2.46. The molecule has 0 aliphatic carbocycles. The molecule has 1 aromatic rings. The maximum atomic E-state index is 11.0. The smallest absolute Gasteiger partial charge is 0.326 e. The zero-order valence-electron chi connectivity index (χ0n) is 9.19. The number of aryl methyl sites for hydroxylation is 1. The van der Waals surface area contributed by atoms with Crippen LogP contribution in [0.5, 0.6) is 5.75 Å². The third kappa shape index (κ3) is 2.10. The molecule has 0 spiro atoms. The molecule has 0 bridgehead atoms. The van der Waals surface area contributed by atoms with E-state index in [0.717, 1.165) is 29.8 Å². The first-order valence-corrected chi connectivity index (χ1v) is 5.37. The van der Waals surface area contributed by atoms with Crippen LogP contribution >= 0.6 is 0 Å². The molecular formula is C12H15NO3. The molecule has 1 heterocycles. The largest absolute Gasteiger partial charge is 0.497 e. The molecular weight excluding hydrogens is 206 g/mol. The van der Waals surface area contributed by atoms with Gasteiger partial charge in [0.25, 0.3) is 0 Å². The van der Waals surface area contributed by atoms with Gasteiger partial charge >= 0.3 is 5.97 Å². The first kappa shape index (κ1) is 10.8. The number of carboxylic acid groups (broad SMARTS) is 1. The van der Waals surface area contributed by atoms with Crippen LogP contribution in [0.25, 0.3) is 0 Å². The fourth-order valence-corrected chi connectivity index (χ4v) is 1.98. The van der Waals surface area contributed by atoms with E-state index in [1.54, 1.807) is 7.11 Å². The summed E-state index contributed by atoms with van der Waals surface area (Å²) in [7, 11) is 1.60. The molecule has 4 nitrogen and oxygen atoms in total. The van der Waals surface area contributed by atoms with Gasteiger partial charge in [0.2, 0.25) is 0 Å². The summed E-state index contributed by atoms with van der Waals surface area (Å²) in [6.45, 7) is 0. The Bertz CT molecular complexity index is 403. The monoisotopic (exact) mass is 221 g/mol. The fraction of sp³-hybridized carbons (Fsp3) is 0.417. The normalized spacial score (nSPS) is 19.2. The van der Waals surface area contributed by atoms with Gasteiger partial charge in [-0.3, -0.25) is 0 Å². The Labute approximate surface area is 94.2 Å². The maximum absolute atomic E-state index is 11.0. The molecule has 1 aromatic carbocycles. The minimum atomic E-state index is -0.796. The molecule has 16 heavy (non-hydrogen) atoms. The van der Waals surface area contributed by atoms with E-state index < -0.39 is 12.0 Å². The molecule has 0 saturated heterocycles. The minimum absolute atomic E-state index is 0.492. The number of benzene rings is 1. The Morgan fingerprint density at radius 3 is 3.06 bits per heavy atom. The van der Waals surface area contributed by atoms with Crippen LogP contribution in [0.2, 0.25) is 0 Å². The second kappa shape index (κ2) is 4.43. The molecule has 2 rings (SSSR count). The lowest BCUT2D eigenvalue weighted by Gasteiger charge is -2.14. The van der Waals surface area contributed by atoms with Crippen molar-refractivity contribution in [1.29, 1.82) is 0 Å². The number of hydrogen-bond acceptors (Lipinski definition) is 3. The van der Waals surface area contributed by atoms with Gasteiger partial charge in [-0.15, -0.1) is 0 Å². The van der Waals surface area contributed by atoms with Gasteiger partial charge in [-0.05, 0) is 30.9 Å². The van der Waals surface area contributed by atoms with Crippen molar-refractivity contribution >= 4 is 11.7 Å². The molecule has 0 saturated carbocycles. The van der Waals surface area contributed by atoms with Crippen LogP contribution in [0.1, 0.15) is 18.4 Å². The second-order valence-electron chi connectivity index (χ2n) is 3.95. The molecule has 0 radical (unpaired) electrons. The van der Waals surface area contributed by atoms with E-state index >= 15 is 0 Å². The van der Waals surface area contributed by atoms with Crippen LogP contribution in [-0.4, -0.2) is 24.2 Å². The van der Waals surface area contributed by atoms with Crippen molar-refractivity contribution in [2.24, 2.45) is 0 Å². The maximum Gasteiger partial charge on any atom is 0.326 e. The Kier molecular flexibility index (Phi) is 2.99. The van der Waals surface area contributed by atoms with Gasteiger partial charge in [0, 0.05) is 11.8 Å². The van der Waals surface area contributed by atoms with E-state index in [1.807, 2.05) is 18.2 Å². The summed E-state index contributed by atoms with van der Waals surface area (Å²) in [5, 5.41) is 12.1. The highest BCUT2D eigenvalue weighted by atomic mass is 16.5. The fourth-order valence-electron chi connectivity index (χ4n) is 1.98. The highest BCUT2D eigenvalue weighted by molar-refractivity contribution is 5.78. The van der Waals surface area contributed by atoms with Crippen molar-refractivity contribution in [3.05, 3.63) is 23.8 Å². The highest BCUT2D eigenvalue weighted by Gasteiger charge is 2.21. The predicted octanol–water partition coefficient (Wildman–Crippen LogP) is 1.90. The first-order valence-electron chi connectivity index (χ1n) is 5.37. The first-order chi connectivity index (χ1) is 7.70. The van der Waals surface area contributed by atoms with Crippen LogP contribution in [0.15, 0.2) is 18.2 Å². The van der Waals surface area contributed by atoms with Crippen LogP contribution in [0.4, 0.5) is 5.69 Å². The lowest BCUT2D eigenvalue weighted by atomic mass is 10.1. The summed E-state index contributed by atoms with van der Waals surface area (Å²) < 4.78 is 5.13. The quantitative estimate of drug-likeness (QED) is 0.800. The Morgan fingerprint density at radius 1 is 1.56 bits per heavy atom. The Hall–Kier alpha value is -1.71. The number of carbonyl (C=O) groups is 1. The zero-order chi connectivity index (χ0) is 11.5. The van der Waals surface area contributed by atoms with E-state index in [-0.39, 0.29) is 0 Å². The minimum Gasteiger partial charge on any atom is -0.497 e. The molecule has 1 unspecified atom stereocenters. The molecule has 86 valence electrons. The van der Waals surface area contributed by atoms with Crippen LogP contribution in [-0.2, 0) is 11.2 Å². The summed E-state index contributed by atoms with van der Waals surface area (Å²) >= 11 is 0. The highest BCUT2D eigenvalue weighted by Crippen LogP contribution is 2.28. The van der Waals surface area contributed by atoms with Crippen molar-refractivity contribution in [2.75, 3.05) is 12.4 Å². The van der Waals surface area contributed by atoms with E-state index in [0.29, 0.717) is 6.42 Å². The van der Waals surface area contributed by atoms with E-state index in [1.165, 1.54) is 0 Å². The molecule has 0 amide bonds. The molecule has 0 fully saturated rings. The summed E-state index contributed by atoms with van der Waals surface area (Å²) in [4.78, 5) is 11.0. The molecule has 2 N–H and O–H groups in total. The number of nitrogens with one attached hydrogen (secondary N) is 1. The molecule has 4 heteroatoms. The Balaban J connectivity index is 2.30. The SMILES string of the molecule is COc1ccc2c(c1)NC(C(=O)O)CCC2. The third-order valence-electron chi connectivity index (χ3n) is 2.88. The zero-order valence-corrected chi connectivity index (χ0v) is 9.19. The van der Waals surface area contributed by atoms with Crippen molar-refractivity contribution in [1.82, 2.24) is 0 Å². The number of carboxylic acids is 1. The van der Waals surface area contributed by atoms with Crippen molar-refractivity contribution in [2.45, 2.75) is 25.3 Å². The predicted molar refractivity (Wildman–Crippen MR) is 61.0 cm³/mol. The average molecular weight is 221 g/mol. The summed E-state index contributed by atoms with van der Waals surface area (Å²) in [5.41, 5.74) is 2.04. The number of fused-ring (bicyclic) bond motifs is 1. The van der Waals surface area contributed by atoms with Gasteiger partial charge in [0.15, 0.2) is 0 Å². The van der Waals surface area contributed by atoms with Gasteiger partial charge in [-0.2, -0.15) is 0 Å². The Morgan fingerprint density at radius 2 is 2.38 bits per heavy atom. The molecule has 1 aliphatic rings. The van der Waals surface area contributed by atoms with Crippen LogP contribution < -0.4 is 10.1 Å². The van der Waals surface area contributed by atoms with Gasteiger partial charge in [-0.1, -0.05) is 6.07 Å². The van der Waals surface area contributed by atoms with Crippen molar-refractivity contribution in [3.8, 4) is 5.75 Å². The van der Waals surface area contributed by atoms with Gasteiger partial charge in [-0.25, -0.2) is 4.79 Å². The van der Waals surface area contributed by atoms with Crippen LogP contribution in [0.3, 0.4) is 0 Å². The summed E-state index contributed by atoms with van der Waals surface area (Å²) in [5.74, 6) is -0.0482. The van der Waals surface area contributed by atoms with Crippen molar-refractivity contribution < 1.29 is 14.6 Å². The number of methoxy groups -OCH3 is 1. The number of aliphatic carboxylic acids is 1. The van der Waals surface area contributed by atoms with E-state index in [9.17, 15) is 4.79 Å². The third-order valence-corrected chi connectivity index (χ3v) is 2.88. The molecule has 1 atom stereocenters. The van der Waals surface area contributed by atoms with E-state index in [2.05, 4.69) is 5.32 Å². The van der Waals surface area contributed by atoms with Crippen molar-refractivity contribution in [3.63, 3.8) is 0 Å². The lowest BCUT2D eigenvalue weighted by molar-refractivity contribution is -0.138. The van der Waals surface area contributed by atoms with E-state index in [4.69, 9.17) is 9.84 Å².